The molecular formula is C27H31ClN2O2. The average molecular weight is 451 g/mol. The fourth-order valence-electron chi connectivity index (χ4n) is 3.75. The van der Waals surface area contributed by atoms with Crippen molar-refractivity contribution in [3.8, 4) is 0 Å². The maximum Gasteiger partial charge on any atom is 0.334 e. The first-order chi connectivity index (χ1) is 15.5. The van der Waals surface area contributed by atoms with Gasteiger partial charge in [-0.05, 0) is 43.0 Å². The maximum atomic E-state index is 12.9. The summed E-state index contributed by atoms with van der Waals surface area (Å²) in [5.41, 5.74) is 4.56. The summed E-state index contributed by atoms with van der Waals surface area (Å²) >= 11 is 6.47. The molecule has 3 aromatic rings. The van der Waals surface area contributed by atoms with Gasteiger partial charge >= 0.3 is 5.97 Å². The van der Waals surface area contributed by atoms with Gasteiger partial charge in [-0.3, -0.25) is 0 Å². The lowest BCUT2D eigenvalue weighted by atomic mass is 9.99. The van der Waals surface area contributed by atoms with Gasteiger partial charge < -0.3 is 9.30 Å². The van der Waals surface area contributed by atoms with E-state index in [-0.39, 0.29) is 5.97 Å². The van der Waals surface area contributed by atoms with Crippen molar-refractivity contribution in [3.63, 3.8) is 0 Å². The second-order valence-corrected chi connectivity index (χ2v) is 8.23. The van der Waals surface area contributed by atoms with E-state index in [9.17, 15) is 4.79 Å². The zero-order chi connectivity index (χ0) is 22.9. The third-order valence-electron chi connectivity index (χ3n) is 5.56. The Morgan fingerprint density at radius 2 is 1.78 bits per heavy atom. The van der Waals surface area contributed by atoms with Crippen LogP contribution < -0.4 is 0 Å². The third-order valence-corrected chi connectivity index (χ3v) is 5.93. The summed E-state index contributed by atoms with van der Waals surface area (Å²) in [5, 5.41) is 0.727. The fourth-order valence-corrected chi connectivity index (χ4v) is 3.95. The molecule has 0 amide bonds. The van der Waals surface area contributed by atoms with Crippen molar-refractivity contribution < 1.29 is 9.53 Å². The summed E-state index contributed by atoms with van der Waals surface area (Å²) < 4.78 is 7.61. The van der Waals surface area contributed by atoms with E-state index in [4.69, 9.17) is 21.3 Å². The SMILES string of the molecule is CCCCc1ncc(/C(C)=C(\Cc2ccccc2)C(=O)OCC)n1Cc1ccccc1Cl. The number of halogens is 1. The molecule has 0 spiro atoms. The molecule has 0 aliphatic rings. The number of allylic oxidation sites excluding steroid dienone is 1. The number of hydrogen-bond donors (Lipinski definition) is 0. The molecule has 0 saturated carbocycles. The van der Waals surface area contributed by atoms with Crippen LogP contribution in [0.3, 0.4) is 0 Å². The van der Waals surface area contributed by atoms with Crippen LogP contribution in [0.5, 0.6) is 0 Å². The van der Waals surface area contributed by atoms with Crippen molar-refractivity contribution in [2.45, 2.75) is 53.0 Å². The van der Waals surface area contributed by atoms with Crippen molar-refractivity contribution in [2.24, 2.45) is 0 Å². The molecule has 0 aliphatic carbocycles. The van der Waals surface area contributed by atoms with Crippen molar-refractivity contribution in [1.29, 1.82) is 0 Å². The summed E-state index contributed by atoms with van der Waals surface area (Å²) in [7, 11) is 0. The zero-order valence-electron chi connectivity index (χ0n) is 19.1. The number of aryl methyl sites for hydroxylation is 1. The Hall–Kier alpha value is -2.85. The van der Waals surface area contributed by atoms with E-state index in [0.29, 0.717) is 25.1 Å². The summed E-state index contributed by atoms with van der Waals surface area (Å²) in [4.78, 5) is 17.7. The van der Waals surface area contributed by atoms with E-state index in [1.165, 1.54) is 0 Å². The van der Waals surface area contributed by atoms with Gasteiger partial charge in [-0.2, -0.15) is 0 Å². The van der Waals surface area contributed by atoms with Gasteiger partial charge in [-0.15, -0.1) is 0 Å². The van der Waals surface area contributed by atoms with E-state index in [0.717, 1.165) is 52.5 Å². The highest BCUT2D eigenvalue weighted by atomic mass is 35.5. The number of benzene rings is 2. The van der Waals surface area contributed by atoms with Gasteiger partial charge in [0.1, 0.15) is 5.82 Å². The Kier molecular flexibility index (Phi) is 8.69. The number of esters is 1. The minimum absolute atomic E-state index is 0.283. The van der Waals surface area contributed by atoms with Crippen LogP contribution >= 0.6 is 11.6 Å². The summed E-state index contributed by atoms with van der Waals surface area (Å²) in [5.74, 6) is 0.721. The molecule has 3 rings (SSSR count). The second kappa shape index (κ2) is 11.7. The quantitative estimate of drug-likeness (QED) is 0.261. The zero-order valence-corrected chi connectivity index (χ0v) is 19.9. The third kappa shape index (κ3) is 5.89. The summed E-state index contributed by atoms with van der Waals surface area (Å²) in [6, 6.07) is 17.9. The molecule has 5 heteroatoms. The van der Waals surface area contributed by atoms with Gasteiger partial charge in [0.25, 0.3) is 0 Å². The molecule has 0 atom stereocenters. The Morgan fingerprint density at radius 3 is 2.47 bits per heavy atom. The highest BCUT2D eigenvalue weighted by molar-refractivity contribution is 6.31. The van der Waals surface area contributed by atoms with Crippen LogP contribution in [0.1, 0.15) is 56.3 Å². The van der Waals surface area contributed by atoms with E-state index in [1.807, 2.05) is 74.6 Å². The molecule has 1 heterocycles. The van der Waals surface area contributed by atoms with Crippen LogP contribution in [0.4, 0.5) is 0 Å². The second-order valence-electron chi connectivity index (χ2n) is 7.83. The van der Waals surface area contributed by atoms with Crippen molar-refractivity contribution in [2.75, 3.05) is 6.61 Å². The first kappa shape index (κ1) is 23.8. The molecule has 4 nitrogen and oxygen atoms in total. The highest BCUT2D eigenvalue weighted by Crippen LogP contribution is 2.26. The molecule has 0 N–H and O–H groups in total. The minimum atomic E-state index is -0.283. The van der Waals surface area contributed by atoms with Crippen LogP contribution in [0.15, 0.2) is 66.4 Å². The molecule has 0 bridgehead atoms. The van der Waals surface area contributed by atoms with Crippen molar-refractivity contribution in [3.05, 3.63) is 94.0 Å². The van der Waals surface area contributed by atoms with Crippen LogP contribution in [-0.4, -0.2) is 22.1 Å². The van der Waals surface area contributed by atoms with Crippen LogP contribution in [-0.2, 0) is 28.9 Å². The largest absolute Gasteiger partial charge is 0.463 e. The standard InChI is InChI=1S/C27H31ClN2O2/c1-4-6-16-26-29-18-25(30(26)19-22-14-10-11-15-24(22)28)20(3)23(27(31)32-5-2)17-21-12-8-7-9-13-21/h7-15,18H,4-6,16-17,19H2,1-3H3/b23-20+. The molecule has 1 aromatic heterocycles. The Morgan fingerprint density at radius 1 is 1.06 bits per heavy atom. The maximum absolute atomic E-state index is 12.9. The number of imidazole rings is 1. The number of ether oxygens (including phenoxy) is 1. The van der Waals surface area contributed by atoms with Crippen LogP contribution in [0.2, 0.25) is 5.02 Å². The number of aromatic nitrogens is 2. The number of rotatable bonds is 10. The van der Waals surface area contributed by atoms with E-state index >= 15 is 0 Å². The fraction of sp³-hybridized carbons (Fsp3) is 0.333. The molecular weight excluding hydrogens is 420 g/mol. The van der Waals surface area contributed by atoms with Crippen LogP contribution in [0, 0.1) is 0 Å². The molecule has 32 heavy (non-hydrogen) atoms. The number of carbonyl (C=O) groups excluding carboxylic acids is 1. The number of nitrogens with zero attached hydrogens (tertiary/aromatic N) is 2. The number of unbranched alkanes of at least 4 members (excludes halogenated alkanes) is 1. The van der Waals surface area contributed by atoms with E-state index < -0.39 is 0 Å². The Bertz CT molecular complexity index is 1070. The minimum Gasteiger partial charge on any atom is -0.463 e. The molecule has 0 aliphatic heterocycles. The summed E-state index contributed by atoms with van der Waals surface area (Å²) in [6.07, 6.45) is 5.40. The Labute approximate surface area is 195 Å². The number of hydrogen-bond acceptors (Lipinski definition) is 3. The molecule has 2 aromatic carbocycles. The predicted octanol–water partition coefficient (Wildman–Crippen LogP) is 6.51. The predicted molar refractivity (Wildman–Crippen MR) is 131 cm³/mol. The van der Waals surface area contributed by atoms with Crippen molar-refractivity contribution in [1.82, 2.24) is 9.55 Å². The Balaban J connectivity index is 2.08. The molecule has 0 radical (unpaired) electrons. The molecule has 0 fully saturated rings. The topological polar surface area (TPSA) is 44.1 Å². The highest BCUT2D eigenvalue weighted by Gasteiger charge is 2.20. The van der Waals surface area contributed by atoms with E-state index in [2.05, 4.69) is 11.5 Å². The average Bonchev–Trinajstić information content (AvgIpc) is 3.20. The van der Waals surface area contributed by atoms with Gasteiger partial charge in [0.15, 0.2) is 0 Å². The number of carbonyl (C=O) groups is 1. The molecule has 0 saturated heterocycles. The van der Waals surface area contributed by atoms with Gasteiger partial charge in [0.2, 0.25) is 0 Å². The normalized spacial score (nSPS) is 11.9. The van der Waals surface area contributed by atoms with Gasteiger partial charge in [-0.25, -0.2) is 9.78 Å². The molecule has 168 valence electrons. The first-order valence-electron chi connectivity index (χ1n) is 11.2. The molecule has 0 unspecified atom stereocenters. The van der Waals surface area contributed by atoms with Crippen molar-refractivity contribution >= 4 is 23.1 Å². The van der Waals surface area contributed by atoms with E-state index in [1.54, 1.807) is 0 Å². The van der Waals surface area contributed by atoms with Crippen LogP contribution in [0.25, 0.3) is 5.57 Å². The van der Waals surface area contributed by atoms with Gasteiger partial charge in [-0.1, -0.05) is 73.5 Å². The monoisotopic (exact) mass is 450 g/mol. The lowest BCUT2D eigenvalue weighted by Gasteiger charge is -2.16. The lowest BCUT2D eigenvalue weighted by molar-refractivity contribution is -0.138. The van der Waals surface area contributed by atoms with Gasteiger partial charge in [0.05, 0.1) is 25.0 Å². The summed E-state index contributed by atoms with van der Waals surface area (Å²) in [6.45, 7) is 6.93. The lowest BCUT2D eigenvalue weighted by Crippen LogP contribution is -2.14. The van der Waals surface area contributed by atoms with Gasteiger partial charge in [0, 0.05) is 23.4 Å². The smallest absolute Gasteiger partial charge is 0.334 e. The first-order valence-corrected chi connectivity index (χ1v) is 11.6.